The molecule has 42 heavy (non-hydrogen) atoms. The van der Waals surface area contributed by atoms with Crippen molar-refractivity contribution in [3.63, 3.8) is 0 Å². The summed E-state index contributed by atoms with van der Waals surface area (Å²) in [5.41, 5.74) is -1.51. The fourth-order valence-electron chi connectivity index (χ4n) is 7.38. The Hall–Kier alpha value is -3.42. The number of halogens is 3. The van der Waals surface area contributed by atoms with Crippen molar-refractivity contribution >= 4 is 23.2 Å². The first-order valence-corrected chi connectivity index (χ1v) is 13.7. The molecule has 228 valence electrons. The van der Waals surface area contributed by atoms with Gasteiger partial charge in [-0.15, -0.1) is 0 Å². The molecular weight excluding hydrogens is 559 g/mol. The second-order valence-electron chi connectivity index (χ2n) is 12.4. The van der Waals surface area contributed by atoms with Crippen LogP contribution in [0, 0.1) is 11.8 Å². The quantitative estimate of drug-likeness (QED) is 0.322. The van der Waals surface area contributed by atoms with E-state index >= 15 is 0 Å². The van der Waals surface area contributed by atoms with Crippen molar-refractivity contribution in [3.8, 4) is 5.75 Å². The molecule has 0 spiro atoms. The average molecular weight is 594 g/mol. The summed E-state index contributed by atoms with van der Waals surface area (Å²) in [5.74, 6) is -8.98. The van der Waals surface area contributed by atoms with Crippen LogP contribution in [0.1, 0.15) is 54.9 Å². The zero-order valence-electron chi connectivity index (χ0n) is 23.7. The highest BCUT2D eigenvalue weighted by Crippen LogP contribution is 2.54. The van der Waals surface area contributed by atoms with Crippen LogP contribution in [0.2, 0.25) is 0 Å². The van der Waals surface area contributed by atoms with Gasteiger partial charge in [0.1, 0.15) is 22.8 Å². The molecule has 0 saturated heterocycles. The van der Waals surface area contributed by atoms with Gasteiger partial charge in [-0.25, -0.2) is 0 Å². The predicted molar refractivity (Wildman–Crippen MR) is 143 cm³/mol. The Balaban J connectivity index is 1.71. The van der Waals surface area contributed by atoms with E-state index in [-0.39, 0.29) is 24.1 Å². The first-order chi connectivity index (χ1) is 19.4. The molecule has 0 unspecified atom stereocenters. The smallest absolute Gasteiger partial charge is 0.417 e. The summed E-state index contributed by atoms with van der Waals surface area (Å²) >= 11 is 0. The largest absolute Gasteiger partial charge is 0.508 e. The van der Waals surface area contributed by atoms with Crippen molar-refractivity contribution < 1.29 is 48.0 Å². The van der Waals surface area contributed by atoms with E-state index in [1.54, 1.807) is 7.05 Å². The number of hydrogen-bond acceptors (Lipinski definition) is 9. The Labute approximate surface area is 239 Å². The summed E-state index contributed by atoms with van der Waals surface area (Å²) in [4.78, 5) is 42.3. The number of primary amides is 1. The minimum Gasteiger partial charge on any atom is -0.508 e. The molecule has 4 atom stereocenters. The van der Waals surface area contributed by atoms with E-state index < -0.39 is 98.7 Å². The molecule has 0 heterocycles. The number of ketones is 2. The van der Waals surface area contributed by atoms with Crippen LogP contribution in [0.25, 0.3) is 5.76 Å². The van der Waals surface area contributed by atoms with Gasteiger partial charge in [0.05, 0.1) is 17.2 Å². The number of nitrogens with zero attached hydrogens (tertiary/aromatic N) is 2. The number of aliphatic hydroxyl groups is 3. The number of likely N-dealkylation sites (N-methyl/N-ethyl adjacent to an activating group) is 1. The number of hydrogen-bond donors (Lipinski definition) is 5. The number of Topliss-reactive ketones (excluding diaryl/α,β-unsaturated/α-hetero) is 2. The second kappa shape index (κ2) is 9.55. The number of aliphatic hydroxyl groups excluding tert-OH is 2. The second-order valence-corrected chi connectivity index (χ2v) is 12.4. The van der Waals surface area contributed by atoms with Crippen molar-refractivity contribution in [2.45, 2.75) is 68.9 Å². The van der Waals surface area contributed by atoms with Gasteiger partial charge in [-0.2, -0.15) is 13.2 Å². The molecule has 1 aromatic carbocycles. The lowest BCUT2D eigenvalue weighted by atomic mass is 9.57. The summed E-state index contributed by atoms with van der Waals surface area (Å²) in [5, 5.41) is 44.8. The molecule has 2 saturated carbocycles. The van der Waals surface area contributed by atoms with Crippen LogP contribution in [-0.4, -0.2) is 86.0 Å². The third-order valence-corrected chi connectivity index (χ3v) is 9.85. The van der Waals surface area contributed by atoms with Crippen molar-refractivity contribution in [1.82, 2.24) is 9.80 Å². The third kappa shape index (κ3) is 4.08. The molecule has 4 aliphatic carbocycles. The van der Waals surface area contributed by atoms with Crippen LogP contribution in [0.5, 0.6) is 5.75 Å². The van der Waals surface area contributed by atoms with E-state index in [1.807, 2.05) is 11.8 Å². The maximum absolute atomic E-state index is 14.7. The Morgan fingerprint density at radius 2 is 1.76 bits per heavy atom. The van der Waals surface area contributed by atoms with E-state index in [2.05, 4.69) is 0 Å². The Morgan fingerprint density at radius 3 is 2.26 bits per heavy atom. The molecule has 0 aromatic heterocycles. The van der Waals surface area contributed by atoms with Gasteiger partial charge in [-0.3, -0.25) is 24.2 Å². The van der Waals surface area contributed by atoms with Crippen molar-refractivity contribution in [1.29, 1.82) is 0 Å². The Bertz CT molecular complexity index is 1480. The van der Waals surface area contributed by atoms with Crippen LogP contribution in [-0.2, 0) is 33.5 Å². The lowest BCUT2D eigenvalue weighted by Crippen LogP contribution is -2.65. The first kappa shape index (κ1) is 30.1. The van der Waals surface area contributed by atoms with Gasteiger partial charge in [0.2, 0.25) is 5.78 Å². The summed E-state index contributed by atoms with van der Waals surface area (Å²) in [7, 11) is 4.60. The van der Waals surface area contributed by atoms with Gasteiger partial charge >= 0.3 is 6.18 Å². The van der Waals surface area contributed by atoms with Crippen LogP contribution < -0.4 is 5.73 Å². The number of alkyl halides is 3. The number of rotatable bonds is 5. The fraction of sp³-hybridized carbons (Fsp3) is 0.552. The van der Waals surface area contributed by atoms with Crippen molar-refractivity contribution in [3.05, 3.63) is 45.2 Å². The van der Waals surface area contributed by atoms with Crippen LogP contribution in [0.4, 0.5) is 13.2 Å². The number of amides is 1. The summed E-state index contributed by atoms with van der Waals surface area (Å²) in [6.07, 6.45) is -3.04. The monoisotopic (exact) mass is 593 g/mol. The third-order valence-electron chi connectivity index (χ3n) is 9.85. The molecule has 2 fully saturated rings. The number of fused-ring (bicyclic) bond motifs is 3. The number of carbonyl (C=O) groups excluding carboxylic acids is 3. The number of carbonyl (C=O) groups is 3. The number of phenols is 1. The van der Waals surface area contributed by atoms with Crippen LogP contribution in [0.3, 0.4) is 0 Å². The van der Waals surface area contributed by atoms with E-state index in [4.69, 9.17) is 5.73 Å². The lowest BCUT2D eigenvalue weighted by molar-refractivity contribution is -0.153. The molecule has 0 aliphatic heterocycles. The van der Waals surface area contributed by atoms with Crippen LogP contribution in [0.15, 0.2) is 23.0 Å². The van der Waals surface area contributed by atoms with E-state index in [9.17, 15) is 48.0 Å². The van der Waals surface area contributed by atoms with Gasteiger partial charge in [-0.05, 0) is 83.3 Å². The topological polar surface area (TPSA) is 165 Å². The molecule has 1 amide bonds. The maximum atomic E-state index is 14.7. The standard InChI is InChI=1S/C29H34F3N3O7/c1-27(6-5-7-27)35(4)11-13-10-16(36)18-14(20(13)29(30,31)32)8-12-9-15-21(34(2)3)23(38)19(26(33)41)25(40)28(15,42)24(39)17(12)22(18)37/h10,12,15,21,36-37,40,42H,5-9,11H2,1-4H3,(H2,33,41)/t12-,15-,21-,28-/m0/s1. The minimum absolute atomic E-state index is 0.124. The van der Waals surface area contributed by atoms with Gasteiger partial charge in [0.15, 0.2) is 11.4 Å². The molecule has 4 aliphatic rings. The molecule has 0 bridgehead atoms. The van der Waals surface area contributed by atoms with Gasteiger partial charge in [-0.1, -0.05) is 0 Å². The number of benzene rings is 1. The number of nitrogens with two attached hydrogens (primary N) is 1. The normalized spacial score (nSPS) is 29.0. The van der Waals surface area contributed by atoms with Crippen molar-refractivity contribution in [2.24, 2.45) is 17.6 Å². The highest BCUT2D eigenvalue weighted by atomic mass is 19.4. The lowest BCUT2D eigenvalue weighted by Gasteiger charge is -2.50. The molecular formula is C29H34F3N3O7. The van der Waals surface area contributed by atoms with Crippen molar-refractivity contribution in [2.75, 3.05) is 21.1 Å². The summed E-state index contributed by atoms with van der Waals surface area (Å²) < 4.78 is 44.2. The molecule has 0 radical (unpaired) electrons. The summed E-state index contributed by atoms with van der Waals surface area (Å²) in [6.45, 7) is 1.83. The summed E-state index contributed by atoms with van der Waals surface area (Å²) in [6, 6.07) is -0.396. The predicted octanol–water partition coefficient (Wildman–Crippen LogP) is 2.36. The molecule has 10 nitrogen and oxygen atoms in total. The zero-order valence-corrected chi connectivity index (χ0v) is 23.7. The van der Waals surface area contributed by atoms with E-state index in [0.29, 0.717) is 0 Å². The highest BCUT2D eigenvalue weighted by molar-refractivity contribution is 6.24. The fourth-order valence-corrected chi connectivity index (χ4v) is 7.38. The Morgan fingerprint density at radius 1 is 1.14 bits per heavy atom. The molecule has 13 heteroatoms. The molecule has 5 rings (SSSR count). The van der Waals surface area contributed by atoms with Gasteiger partial charge in [0.25, 0.3) is 5.91 Å². The Kier molecular flexibility index (Phi) is 6.83. The van der Waals surface area contributed by atoms with E-state index in [1.165, 1.54) is 19.0 Å². The zero-order chi connectivity index (χ0) is 31.3. The number of phenolic OH excluding ortho intramolecular Hbond substituents is 1. The first-order valence-electron chi connectivity index (χ1n) is 13.7. The maximum Gasteiger partial charge on any atom is 0.417 e. The number of aromatic hydroxyl groups is 1. The highest BCUT2D eigenvalue weighted by Gasteiger charge is 2.64. The SMILES string of the molecule is CN(C)[C@@H]1C(=O)C(C(N)=O)=C(O)[C@@]2(O)C(=O)C3=C(O)c4c(O)cc(CN(C)C5(C)CCC5)c(C(F)(F)F)c4C[C@H]3C[C@@H]12. The average Bonchev–Trinajstić information content (AvgIpc) is 2.83. The molecule has 1 aromatic rings. The van der Waals surface area contributed by atoms with Gasteiger partial charge in [0, 0.05) is 23.6 Å². The minimum atomic E-state index is -4.88. The molecule has 6 N–H and O–H groups in total. The van der Waals surface area contributed by atoms with Crippen LogP contribution >= 0.6 is 0 Å². The van der Waals surface area contributed by atoms with Gasteiger partial charge < -0.3 is 26.2 Å². The van der Waals surface area contributed by atoms with E-state index in [0.717, 1.165) is 25.3 Å².